The average Bonchev–Trinajstić information content (AvgIpc) is 2.42. The molecule has 2 aromatic carbocycles. The van der Waals surface area contributed by atoms with Crippen LogP contribution in [0.4, 0.5) is 10.1 Å². The molecule has 0 radical (unpaired) electrons. The maximum atomic E-state index is 13.8. The topological polar surface area (TPSA) is 46.2 Å². The van der Waals surface area contributed by atoms with Crippen molar-refractivity contribution in [2.24, 2.45) is 0 Å². The third-order valence-electron chi connectivity index (χ3n) is 3.38. The summed E-state index contributed by atoms with van der Waals surface area (Å²) in [5.41, 5.74) is 7.64. The van der Waals surface area contributed by atoms with Crippen molar-refractivity contribution in [2.75, 3.05) is 5.73 Å². The third-order valence-corrected chi connectivity index (χ3v) is 4.11. The highest BCUT2D eigenvalue weighted by molar-refractivity contribution is 6.36. The number of halogens is 3. The number of hydrogen-bond acceptors (Lipinski definition) is 2. The molecule has 2 aromatic rings. The second-order valence-corrected chi connectivity index (χ2v) is 6.06. The Morgan fingerprint density at radius 1 is 1.24 bits per heavy atom. The van der Waals surface area contributed by atoms with Gasteiger partial charge in [-0.25, -0.2) is 4.39 Å². The third kappa shape index (κ3) is 3.25. The van der Waals surface area contributed by atoms with Gasteiger partial charge in [-0.15, -0.1) is 0 Å². The summed E-state index contributed by atoms with van der Waals surface area (Å²) in [5.74, 6) is -0.229. The van der Waals surface area contributed by atoms with Crippen LogP contribution in [-0.2, 0) is 6.42 Å². The van der Waals surface area contributed by atoms with Crippen LogP contribution in [0.1, 0.15) is 36.5 Å². The largest absolute Gasteiger partial charge is 0.508 e. The zero-order valence-electron chi connectivity index (χ0n) is 11.8. The van der Waals surface area contributed by atoms with Crippen LogP contribution in [0.15, 0.2) is 24.3 Å². The number of benzene rings is 2. The van der Waals surface area contributed by atoms with E-state index >= 15 is 0 Å². The summed E-state index contributed by atoms with van der Waals surface area (Å²) in [6.07, 6.45) is 0.370. The van der Waals surface area contributed by atoms with Gasteiger partial charge in [0.15, 0.2) is 5.82 Å². The number of phenols is 1. The monoisotopic (exact) mass is 327 g/mol. The van der Waals surface area contributed by atoms with E-state index in [-0.39, 0.29) is 22.4 Å². The maximum Gasteiger partial charge on any atom is 0.165 e. The van der Waals surface area contributed by atoms with Crippen LogP contribution < -0.4 is 5.73 Å². The van der Waals surface area contributed by atoms with Crippen LogP contribution in [-0.4, -0.2) is 5.11 Å². The van der Waals surface area contributed by atoms with Gasteiger partial charge in [0, 0.05) is 11.4 Å². The van der Waals surface area contributed by atoms with Crippen LogP contribution in [0.2, 0.25) is 10.0 Å². The highest BCUT2D eigenvalue weighted by Gasteiger charge is 2.16. The quantitative estimate of drug-likeness (QED) is 0.606. The molecule has 0 saturated heterocycles. The molecule has 0 unspecified atom stereocenters. The van der Waals surface area contributed by atoms with Crippen LogP contribution in [0.25, 0.3) is 0 Å². The van der Waals surface area contributed by atoms with Crippen molar-refractivity contribution in [2.45, 2.75) is 26.2 Å². The van der Waals surface area contributed by atoms with Crippen molar-refractivity contribution < 1.29 is 9.50 Å². The second kappa shape index (κ2) is 6.12. The van der Waals surface area contributed by atoms with E-state index in [1.807, 2.05) is 19.9 Å². The molecule has 2 nitrogen and oxygen atoms in total. The molecule has 0 saturated carbocycles. The standard InChI is InChI=1S/C16H16Cl2FNO/c1-8(2)10-5-9(3-4-14(10)21)6-11-12(17)7-13(20)16(19)15(11)18/h3-5,7-8,21H,6,20H2,1-2H3. The van der Waals surface area contributed by atoms with Gasteiger partial charge >= 0.3 is 0 Å². The van der Waals surface area contributed by atoms with Gasteiger partial charge in [0.05, 0.1) is 10.7 Å². The Balaban J connectivity index is 2.44. The first-order valence-electron chi connectivity index (χ1n) is 6.55. The molecule has 21 heavy (non-hydrogen) atoms. The van der Waals surface area contributed by atoms with Crippen molar-refractivity contribution >= 4 is 28.9 Å². The van der Waals surface area contributed by atoms with Gasteiger partial charge in [-0.2, -0.15) is 0 Å². The molecule has 0 aromatic heterocycles. The molecule has 3 N–H and O–H groups in total. The minimum absolute atomic E-state index is 0.0563. The molecule has 0 fully saturated rings. The van der Waals surface area contributed by atoms with E-state index in [1.54, 1.807) is 12.1 Å². The Morgan fingerprint density at radius 2 is 1.90 bits per heavy atom. The lowest BCUT2D eigenvalue weighted by atomic mass is 9.96. The fourth-order valence-electron chi connectivity index (χ4n) is 2.19. The Morgan fingerprint density at radius 3 is 2.52 bits per heavy atom. The summed E-state index contributed by atoms with van der Waals surface area (Å²) < 4.78 is 13.8. The SMILES string of the molecule is CC(C)c1cc(Cc2c(Cl)cc(N)c(F)c2Cl)ccc1O. The van der Waals surface area contributed by atoms with Gasteiger partial charge in [-0.3, -0.25) is 0 Å². The van der Waals surface area contributed by atoms with Crippen LogP contribution in [0.3, 0.4) is 0 Å². The van der Waals surface area contributed by atoms with Crippen LogP contribution in [0.5, 0.6) is 5.75 Å². The van der Waals surface area contributed by atoms with E-state index < -0.39 is 5.82 Å². The Bertz CT molecular complexity index is 686. The Kier molecular flexibility index (Phi) is 4.64. The molecule has 0 spiro atoms. The molecular weight excluding hydrogens is 312 g/mol. The van der Waals surface area contributed by atoms with Crippen molar-refractivity contribution in [3.05, 3.63) is 56.8 Å². The number of hydrogen-bond donors (Lipinski definition) is 2. The fourth-order valence-corrected chi connectivity index (χ4v) is 2.80. The Labute approximate surface area is 133 Å². The van der Waals surface area contributed by atoms with E-state index in [1.165, 1.54) is 6.07 Å². The zero-order chi connectivity index (χ0) is 15.7. The highest BCUT2D eigenvalue weighted by Crippen LogP contribution is 2.34. The average molecular weight is 328 g/mol. The van der Waals surface area contributed by atoms with E-state index in [0.29, 0.717) is 17.0 Å². The molecule has 5 heteroatoms. The van der Waals surface area contributed by atoms with Crippen molar-refractivity contribution in [1.82, 2.24) is 0 Å². The minimum Gasteiger partial charge on any atom is -0.508 e. The number of anilines is 1. The number of nitrogen functional groups attached to an aromatic ring is 1. The van der Waals surface area contributed by atoms with Gasteiger partial charge in [0.25, 0.3) is 0 Å². The van der Waals surface area contributed by atoms with Crippen molar-refractivity contribution in [1.29, 1.82) is 0 Å². The molecule has 0 aliphatic rings. The van der Waals surface area contributed by atoms with E-state index in [2.05, 4.69) is 0 Å². The van der Waals surface area contributed by atoms with E-state index in [0.717, 1.165) is 11.1 Å². The molecule has 0 bridgehead atoms. The molecule has 0 aliphatic carbocycles. The van der Waals surface area contributed by atoms with Crippen LogP contribution in [0, 0.1) is 5.82 Å². The van der Waals surface area contributed by atoms with Gasteiger partial charge in [-0.1, -0.05) is 49.2 Å². The molecule has 112 valence electrons. The maximum absolute atomic E-state index is 13.8. The fraction of sp³-hybridized carbons (Fsp3) is 0.250. The summed E-state index contributed by atoms with van der Waals surface area (Å²) in [6, 6.07) is 6.63. The number of aromatic hydroxyl groups is 1. The van der Waals surface area contributed by atoms with E-state index in [4.69, 9.17) is 28.9 Å². The lowest BCUT2D eigenvalue weighted by molar-refractivity contribution is 0.464. The lowest BCUT2D eigenvalue weighted by Crippen LogP contribution is -1.99. The van der Waals surface area contributed by atoms with Crippen molar-refractivity contribution in [3.8, 4) is 5.75 Å². The number of nitrogens with two attached hydrogens (primary N) is 1. The molecular formula is C16H16Cl2FNO. The normalized spacial score (nSPS) is 11.1. The first-order valence-corrected chi connectivity index (χ1v) is 7.30. The van der Waals surface area contributed by atoms with E-state index in [9.17, 15) is 9.50 Å². The zero-order valence-corrected chi connectivity index (χ0v) is 13.3. The van der Waals surface area contributed by atoms with Gasteiger partial charge in [0.2, 0.25) is 0 Å². The second-order valence-electron chi connectivity index (χ2n) is 5.28. The van der Waals surface area contributed by atoms with Gasteiger partial charge in [-0.05, 0) is 34.7 Å². The lowest BCUT2D eigenvalue weighted by Gasteiger charge is -2.13. The summed E-state index contributed by atoms with van der Waals surface area (Å²) in [4.78, 5) is 0. The first kappa shape index (κ1) is 15.9. The minimum atomic E-state index is -0.654. The predicted octanol–water partition coefficient (Wildman–Crippen LogP) is 5.13. The summed E-state index contributed by atoms with van der Waals surface area (Å²) >= 11 is 12.1. The number of phenolic OH excluding ortho intramolecular Hbond substituents is 1. The predicted molar refractivity (Wildman–Crippen MR) is 85.8 cm³/mol. The molecule has 0 aliphatic heterocycles. The molecule has 0 heterocycles. The smallest absolute Gasteiger partial charge is 0.165 e. The molecule has 0 atom stereocenters. The summed E-state index contributed by atoms with van der Waals surface area (Å²) in [5, 5.41) is 10.1. The highest BCUT2D eigenvalue weighted by atomic mass is 35.5. The first-order chi connectivity index (χ1) is 9.81. The molecule has 2 rings (SSSR count). The molecule has 0 amide bonds. The van der Waals surface area contributed by atoms with Crippen LogP contribution >= 0.6 is 23.2 Å². The summed E-state index contributed by atoms with van der Waals surface area (Å²) in [7, 11) is 0. The Hall–Kier alpha value is -1.45. The number of rotatable bonds is 3. The van der Waals surface area contributed by atoms with Gasteiger partial charge in [0.1, 0.15) is 5.75 Å². The van der Waals surface area contributed by atoms with Gasteiger partial charge < -0.3 is 10.8 Å². The van der Waals surface area contributed by atoms with Crippen molar-refractivity contribution in [3.63, 3.8) is 0 Å². The summed E-state index contributed by atoms with van der Waals surface area (Å²) in [6.45, 7) is 3.98.